The molecule has 1 aromatic carbocycles. The molecular formula is C15H19NOS. The molecule has 18 heavy (non-hydrogen) atoms. The molecule has 0 bridgehead atoms. The van der Waals surface area contributed by atoms with Crippen LogP contribution in [0.15, 0.2) is 65.7 Å². The Kier molecular flexibility index (Phi) is 6.99. The third-order valence-corrected chi connectivity index (χ3v) is 3.33. The molecular weight excluding hydrogens is 242 g/mol. The Morgan fingerprint density at radius 3 is 2.67 bits per heavy atom. The van der Waals surface area contributed by atoms with Crippen LogP contribution >= 0.6 is 11.8 Å². The van der Waals surface area contributed by atoms with Crippen LogP contribution in [0.4, 0.5) is 0 Å². The first kappa shape index (κ1) is 14.6. The molecule has 0 heterocycles. The number of allylic oxidation sites excluding steroid dienone is 3. The van der Waals surface area contributed by atoms with Gasteiger partial charge in [0.25, 0.3) is 0 Å². The molecule has 0 unspecified atom stereocenters. The van der Waals surface area contributed by atoms with Crippen molar-refractivity contribution in [3.05, 3.63) is 66.4 Å². The van der Waals surface area contributed by atoms with Gasteiger partial charge in [0, 0.05) is 10.6 Å². The van der Waals surface area contributed by atoms with Crippen molar-refractivity contribution >= 4 is 11.8 Å². The van der Waals surface area contributed by atoms with Crippen LogP contribution in [0.25, 0.3) is 0 Å². The van der Waals surface area contributed by atoms with Crippen LogP contribution in [-0.4, -0.2) is 11.0 Å². The summed E-state index contributed by atoms with van der Waals surface area (Å²) >= 11 is 1.80. The lowest BCUT2D eigenvalue weighted by Gasteiger charge is -2.00. The Morgan fingerprint density at radius 1 is 1.33 bits per heavy atom. The van der Waals surface area contributed by atoms with Crippen LogP contribution in [0, 0.1) is 0 Å². The van der Waals surface area contributed by atoms with Crippen molar-refractivity contribution in [3.8, 4) is 0 Å². The quantitative estimate of drug-likeness (QED) is 0.443. The topological polar surface area (TPSA) is 32.3 Å². The molecule has 1 aromatic rings. The minimum absolute atomic E-state index is 0.474. The Labute approximate surface area is 113 Å². The van der Waals surface area contributed by atoms with E-state index in [1.165, 1.54) is 10.5 Å². The van der Waals surface area contributed by atoms with Crippen molar-refractivity contribution in [1.29, 1.82) is 0 Å². The highest BCUT2D eigenvalue weighted by Crippen LogP contribution is 2.18. The predicted molar refractivity (Wildman–Crippen MR) is 78.9 cm³/mol. The van der Waals surface area contributed by atoms with Gasteiger partial charge in [0.15, 0.2) is 0 Å². The number of hydroxylamine groups is 1. The molecule has 0 saturated heterocycles. The normalized spacial score (nSPS) is 11.2. The highest BCUT2D eigenvalue weighted by atomic mass is 32.2. The molecule has 96 valence electrons. The van der Waals surface area contributed by atoms with Crippen molar-refractivity contribution in [2.24, 2.45) is 0 Å². The zero-order chi connectivity index (χ0) is 13.2. The molecule has 0 radical (unpaired) electrons. The van der Waals surface area contributed by atoms with E-state index in [-0.39, 0.29) is 0 Å². The molecule has 0 atom stereocenters. The minimum Gasteiger partial charge on any atom is -0.291 e. The number of hydrogen-bond donors (Lipinski definition) is 2. The maximum Gasteiger partial charge on any atom is 0.0530 e. The third-order valence-electron chi connectivity index (χ3n) is 2.37. The Balaban J connectivity index is 2.30. The molecule has 0 aliphatic heterocycles. The minimum atomic E-state index is 0.474. The van der Waals surface area contributed by atoms with Crippen LogP contribution in [0.2, 0.25) is 0 Å². The molecule has 0 saturated carbocycles. The van der Waals surface area contributed by atoms with Crippen LogP contribution in [0.1, 0.15) is 12.5 Å². The SMILES string of the molecule is C=C(/C=C/C=C/CSc1ccc(CC)cc1)NO. The lowest BCUT2D eigenvalue weighted by Crippen LogP contribution is -2.01. The average molecular weight is 261 g/mol. The molecule has 3 heteroatoms. The fraction of sp³-hybridized carbons (Fsp3) is 0.200. The number of thioether (sulfide) groups is 1. The summed E-state index contributed by atoms with van der Waals surface area (Å²) in [5, 5.41) is 8.50. The van der Waals surface area contributed by atoms with E-state index in [2.05, 4.69) is 43.8 Å². The van der Waals surface area contributed by atoms with E-state index < -0.39 is 0 Å². The second kappa shape index (κ2) is 8.61. The highest BCUT2D eigenvalue weighted by Gasteiger charge is 1.92. The fourth-order valence-electron chi connectivity index (χ4n) is 1.31. The molecule has 0 fully saturated rings. The monoisotopic (exact) mass is 261 g/mol. The predicted octanol–water partition coefficient (Wildman–Crippen LogP) is 3.95. The maximum absolute atomic E-state index is 8.50. The lowest BCUT2D eigenvalue weighted by atomic mass is 10.2. The summed E-state index contributed by atoms with van der Waals surface area (Å²) in [5.41, 5.74) is 3.81. The van der Waals surface area contributed by atoms with Crippen LogP contribution in [0.5, 0.6) is 0 Å². The van der Waals surface area contributed by atoms with E-state index in [0.717, 1.165) is 12.2 Å². The van der Waals surface area contributed by atoms with Crippen molar-refractivity contribution < 1.29 is 5.21 Å². The Hall–Kier alpha value is -1.45. The lowest BCUT2D eigenvalue weighted by molar-refractivity contribution is 0.205. The van der Waals surface area contributed by atoms with E-state index in [4.69, 9.17) is 5.21 Å². The maximum atomic E-state index is 8.50. The van der Waals surface area contributed by atoms with Gasteiger partial charge in [-0.3, -0.25) is 10.7 Å². The molecule has 0 aromatic heterocycles. The van der Waals surface area contributed by atoms with E-state index in [0.29, 0.717) is 5.70 Å². The molecule has 0 aliphatic rings. The van der Waals surface area contributed by atoms with Gasteiger partial charge in [-0.1, -0.05) is 43.9 Å². The van der Waals surface area contributed by atoms with Crippen molar-refractivity contribution in [2.75, 3.05) is 5.75 Å². The molecule has 0 aliphatic carbocycles. The fourth-order valence-corrected chi connectivity index (χ4v) is 2.04. The van der Waals surface area contributed by atoms with Gasteiger partial charge in [-0.25, -0.2) is 0 Å². The Bertz CT molecular complexity index is 421. The second-order valence-electron chi connectivity index (χ2n) is 3.73. The molecule has 2 N–H and O–H groups in total. The van der Waals surface area contributed by atoms with Crippen LogP contribution in [0.3, 0.4) is 0 Å². The second-order valence-corrected chi connectivity index (χ2v) is 4.83. The van der Waals surface area contributed by atoms with Crippen LogP contribution in [-0.2, 0) is 6.42 Å². The first-order chi connectivity index (χ1) is 8.76. The molecule has 0 amide bonds. The van der Waals surface area contributed by atoms with E-state index in [1.807, 2.05) is 17.6 Å². The van der Waals surface area contributed by atoms with Crippen molar-refractivity contribution in [2.45, 2.75) is 18.2 Å². The molecule has 2 nitrogen and oxygen atoms in total. The zero-order valence-corrected chi connectivity index (χ0v) is 11.4. The van der Waals surface area contributed by atoms with Gasteiger partial charge in [0.1, 0.15) is 0 Å². The van der Waals surface area contributed by atoms with Crippen molar-refractivity contribution in [3.63, 3.8) is 0 Å². The number of aryl methyl sites for hydroxylation is 1. The summed E-state index contributed by atoms with van der Waals surface area (Å²) in [5.74, 6) is 0.925. The summed E-state index contributed by atoms with van der Waals surface area (Å²) in [6.45, 7) is 5.73. The van der Waals surface area contributed by atoms with E-state index in [9.17, 15) is 0 Å². The van der Waals surface area contributed by atoms with Gasteiger partial charge >= 0.3 is 0 Å². The van der Waals surface area contributed by atoms with Gasteiger partial charge in [-0.2, -0.15) is 0 Å². The van der Waals surface area contributed by atoms with Gasteiger partial charge in [-0.05, 0) is 30.2 Å². The Morgan fingerprint density at radius 2 is 2.06 bits per heavy atom. The molecule has 1 rings (SSSR count). The smallest absolute Gasteiger partial charge is 0.0530 e. The van der Waals surface area contributed by atoms with E-state index in [1.54, 1.807) is 17.8 Å². The first-order valence-electron chi connectivity index (χ1n) is 5.90. The largest absolute Gasteiger partial charge is 0.291 e. The van der Waals surface area contributed by atoms with Crippen LogP contribution < -0.4 is 5.48 Å². The molecule has 0 spiro atoms. The number of hydrogen-bond acceptors (Lipinski definition) is 3. The number of benzene rings is 1. The van der Waals surface area contributed by atoms with Gasteiger partial charge in [0.05, 0.1) is 5.70 Å². The summed E-state index contributed by atoms with van der Waals surface area (Å²) in [6, 6.07) is 8.65. The highest BCUT2D eigenvalue weighted by molar-refractivity contribution is 7.99. The number of nitrogens with one attached hydrogen (secondary N) is 1. The zero-order valence-electron chi connectivity index (χ0n) is 10.6. The summed E-state index contributed by atoms with van der Waals surface area (Å²) in [4.78, 5) is 1.28. The average Bonchev–Trinajstić information content (AvgIpc) is 2.43. The third kappa shape index (κ3) is 5.75. The van der Waals surface area contributed by atoms with Gasteiger partial charge in [0.2, 0.25) is 0 Å². The van der Waals surface area contributed by atoms with Gasteiger partial charge in [-0.15, -0.1) is 11.8 Å². The number of rotatable bonds is 7. The summed E-state index contributed by atoms with van der Waals surface area (Å²) in [7, 11) is 0. The summed E-state index contributed by atoms with van der Waals surface area (Å²) < 4.78 is 0. The summed E-state index contributed by atoms with van der Waals surface area (Å²) in [6.07, 6.45) is 8.64. The van der Waals surface area contributed by atoms with Gasteiger partial charge < -0.3 is 0 Å². The first-order valence-corrected chi connectivity index (χ1v) is 6.88. The van der Waals surface area contributed by atoms with E-state index >= 15 is 0 Å². The van der Waals surface area contributed by atoms with Crippen molar-refractivity contribution in [1.82, 2.24) is 5.48 Å². The standard InChI is InChI=1S/C15H19NOS/c1-3-14-8-10-15(11-9-14)18-12-6-4-5-7-13(2)16-17/h4-11,16-17H,2-3,12H2,1H3/b6-4+,7-5+.